The number of benzene rings is 3. The molecule has 0 unspecified atom stereocenters. The fraction of sp³-hybridized carbons (Fsp3) is 0.0476. The zero-order valence-electron chi connectivity index (χ0n) is 15.7. The van der Waals surface area contributed by atoms with Gasteiger partial charge in [0.25, 0.3) is 11.8 Å². The number of hydrogen-bond acceptors (Lipinski definition) is 3. The molecule has 2 amide bonds. The first-order chi connectivity index (χ1) is 14.7. The average Bonchev–Trinajstić information content (AvgIpc) is 2.73. The van der Waals surface area contributed by atoms with Gasteiger partial charge in [-0.2, -0.15) is 0 Å². The third-order valence-corrected chi connectivity index (χ3v) is 8.36. The van der Waals surface area contributed by atoms with Gasteiger partial charge in [-0.1, -0.05) is 23.2 Å². The summed E-state index contributed by atoms with van der Waals surface area (Å²) in [6, 6.07) is 13.4. The number of halogens is 5. The van der Waals surface area contributed by atoms with E-state index in [-0.39, 0.29) is 5.91 Å². The van der Waals surface area contributed by atoms with Crippen molar-refractivity contribution in [1.29, 1.82) is 0 Å². The number of hydrogen-bond donors (Lipinski definition) is 2. The van der Waals surface area contributed by atoms with Gasteiger partial charge >= 0.3 is 0 Å². The zero-order chi connectivity index (χ0) is 22.7. The molecule has 0 spiro atoms. The van der Waals surface area contributed by atoms with Crippen molar-refractivity contribution >= 4 is 114 Å². The van der Waals surface area contributed by atoms with Crippen LogP contribution in [0.3, 0.4) is 0 Å². The van der Waals surface area contributed by atoms with Crippen LogP contribution in [-0.2, 0) is 0 Å². The third kappa shape index (κ3) is 6.15. The van der Waals surface area contributed by atoms with Crippen molar-refractivity contribution in [3.8, 4) is 5.75 Å². The number of amides is 2. The summed E-state index contributed by atoms with van der Waals surface area (Å²) in [5.41, 5.74) is 1.63. The van der Waals surface area contributed by atoms with E-state index >= 15 is 0 Å². The Morgan fingerprint density at radius 1 is 0.871 bits per heavy atom. The minimum Gasteiger partial charge on any atom is -0.495 e. The molecule has 5 nitrogen and oxygen atoms in total. The summed E-state index contributed by atoms with van der Waals surface area (Å²) in [5, 5.41) is 6.39. The Labute approximate surface area is 230 Å². The van der Waals surface area contributed by atoms with E-state index in [0.29, 0.717) is 38.3 Å². The second kappa shape index (κ2) is 10.9. The summed E-state index contributed by atoms with van der Waals surface area (Å²) in [6.45, 7) is 0. The van der Waals surface area contributed by atoms with Crippen LogP contribution in [0, 0.1) is 10.7 Å². The van der Waals surface area contributed by atoms with Gasteiger partial charge in [0, 0.05) is 21.3 Å². The van der Waals surface area contributed by atoms with Crippen molar-refractivity contribution in [1.82, 2.24) is 0 Å². The topological polar surface area (TPSA) is 67.4 Å². The lowest BCUT2D eigenvalue weighted by atomic mass is 10.1. The van der Waals surface area contributed by atoms with Crippen molar-refractivity contribution in [2.75, 3.05) is 17.7 Å². The van der Waals surface area contributed by atoms with Crippen molar-refractivity contribution < 1.29 is 14.3 Å². The first-order valence-corrected chi connectivity index (χ1v) is 12.6. The molecule has 0 aliphatic heterocycles. The van der Waals surface area contributed by atoms with E-state index in [1.54, 1.807) is 36.4 Å². The molecule has 3 rings (SSSR count). The molecule has 0 saturated carbocycles. The lowest BCUT2D eigenvalue weighted by Gasteiger charge is -2.14. The first kappa shape index (κ1) is 24.8. The number of rotatable bonds is 5. The Balaban J connectivity index is 1.89. The highest BCUT2D eigenvalue weighted by atomic mass is 127. The molecule has 0 fully saturated rings. The van der Waals surface area contributed by atoms with Gasteiger partial charge in [-0.3, -0.25) is 9.59 Å². The monoisotopic (exact) mass is 792 g/mol. The number of ether oxygens (including phenoxy) is 1. The molecule has 0 aliphatic carbocycles. The first-order valence-electron chi connectivity index (χ1n) is 8.60. The van der Waals surface area contributed by atoms with Crippen molar-refractivity contribution in [2.45, 2.75) is 0 Å². The second-order valence-electron chi connectivity index (χ2n) is 6.20. The molecule has 0 atom stereocenters. The van der Waals surface area contributed by atoms with Gasteiger partial charge < -0.3 is 15.4 Å². The van der Waals surface area contributed by atoms with E-state index in [2.05, 4.69) is 78.4 Å². The Kier molecular flexibility index (Phi) is 8.69. The summed E-state index contributed by atoms with van der Waals surface area (Å²) >= 11 is 18.6. The average molecular weight is 793 g/mol. The number of carbonyl (C=O) groups is 2. The zero-order valence-corrected chi connectivity index (χ0v) is 23.7. The summed E-state index contributed by atoms with van der Waals surface area (Å²) in [6.07, 6.45) is 0. The van der Waals surface area contributed by atoms with Crippen molar-refractivity contribution in [2.24, 2.45) is 0 Å². The molecular weight excluding hydrogens is 780 g/mol. The van der Waals surface area contributed by atoms with Crippen LogP contribution in [0.5, 0.6) is 5.75 Å². The van der Waals surface area contributed by atoms with Crippen LogP contribution in [0.25, 0.3) is 0 Å². The quantitative estimate of drug-likeness (QED) is 0.210. The van der Waals surface area contributed by atoms with E-state index in [0.717, 1.165) is 10.7 Å². The molecule has 0 saturated heterocycles. The minimum absolute atomic E-state index is 0.297. The summed E-state index contributed by atoms with van der Waals surface area (Å²) in [5.74, 6) is -0.267. The predicted molar refractivity (Wildman–Crippen MR) is 150 cm³/mol. The molecule has 0 heterocycles. The normalized spacial score (nSPS) is 10.5. The third-order valence-electron chi connectivity index (χ3n) is 4.12. The van der Waals surface area contributed by atoms with Crippen LogP contribution < -0.4 is 15.4 Å². The van der Waals surface area contributed by atoms with Crippen molar-refractivity contribution in [3.05, 3.63) is 80.4 Å². The van der Waals surface area contributed by atoms with Gasteiger partial charge in [-0.15, -0.1) is 0 Å². The number of anilines is 2. The minimum atomic E-state index is -0.402. The van der Waals surface area contributed by atoms with E-state index in [1.807, 2.05) is 12.1 Å². The predicted octanol–water partition coefficient (Wildman–Crippen LogP) is 7.32. The highest BCUT2D eigenvalue weighted by Gasteiger charge is 2.18. The molecule has 0 aromatic heterocycles. The Morgan fingerprint density at radius 3 is 2.29 bits per heavy atom. The molecule has 31 heavy (non-hydrogen) atoms. The van der Waals surface area contributed by atoms with Crippen LogP contribution in [0.4, 0.5) is 11.4 Å². The molecule has 0 aliphatic rings. The molecule has 0 bridgehead atoms. The van der Waals surface area contributed by atoms with Gasteiger partial charge in [-0.25, -0.2) is 0 Å². The Hall–Kier alpha value is -0.830. The van der Waals surface area contributed by atoms with Crippen LogP contribution in [-0.4, -0.2) is 18.9 Å². The number of methoxy groups -OCH3 is 1. The smallest absolute Gasteiger partial charge is 0.256 e. The SMILES string of the molecule is COc1ccc(C(=O)Nc2cc(Cl)ccc2Cl)cc1NC(=O)c1cc(I)cc(I)c1I. The van der Waals surface area contributed by atoms with Crippen LogP contribution in [0.2, 0.25) is 10.0 Å². The highest BCUT2D eigenvalue weighted by molar-refractivity contribution is 14.1. The molecule has 160 valence electrons. The maximum Gasteiger partial charge on any atom is 0.256 e. The summed E-state index contributed by atoms with van der Waals surface area (Å²) in [7, 11) is 1.49. The van der Waals surface area contributed by atoms with Gasteiger partial charge in [0.05, 0.1) is 29.1 Å². The van der Waals surface area contributed by atoms with E-state index in [9.17, 15) is 9.59 Å². The molecular formula is C21H13Cl2I3N2O3. The van der Waals surface area contributed by atoms with Gasteiger partial charge in [0.2, 0.25) is 0 Å². The standard InChI is InChI=1S/C21H13Cl2I3N2O3/c1-31-18-5-2-10(20(29)27-16-7-11(22)3-4-14(16)23)6-17(18)28-21(30)13-8-12(24)9-15(25)19(13)26/h2-9H,1H3,(H,27,29)(H,28,30). The fourth-order valence-corrected chi connectivity index (χ4v) is 5.38. The lowest BCUT2D eigenvalue weighted by Crippen LogP contribution is -2.17. The van der Waals surface area contributed by atoms with Crippen LogP contribution in [0.15, 0.2) is 48.5 Å². The summed E-state index contributed by atoms with van der Waals surface area (Å²) in [4.78, 5) is 25.7. The van der Waals surface area contributed by atoms with Gasteiger partial charge in [0.15, 0.2) is 0 Å². The largest absolute Gasteiger partial charge is 0.495 e. The second-order valence-corrected chi connectivity index (χ2v) is 10.5. The van der Waals surface area contributed by atoms with E-state index in [4.69, 9.17) is 27.9 Å². The van der Waals surface area contributed by atoms with Crippen molar-refractivity contribution in [3.63, 3.8) is 0 Å². The van der Waals surface area contributed by atoms with Crippen LogP contribution >= 0.6 is 91.0 Å². The molecule has 3 aromatic carbocycles. The Bertz CT molecular complexity index is 1190. The van der Waals surface area contributed by atoms with E-state index in [1.165, 1.54) is 7.11 Å². The van der Waals surface area contributed by atoms with Crippen LogP contribution in [0.1, 0.15) is 20.7 Å². The molecule has 10 heteroatoms. The molecule has 2 N–H and O–H groups in total. The Morgan fingerprint density at radius 2 is 1.58 bits per heavy atom. The fourth-order valence-electron chi connectivity index (χ4n) is 2.65. The molecule has 3 aromatic rings. The number of carbonyl (C=O) groups excluding carboxylic acids is 2. The lowest BCUT2D eigenvalue weighted by molar-refractivity contribution is 0.101. The maximum atomic E-state index is 13.0. The van der Waals surface area contributed by atoms with Gasteiger partial charge in [-0.05, 0) is 116 Å². The van der Waals surface area contributed by atoms with Gasteiger partial charge in [0.1, 0.15) is 5.75 Å². The number of nitrogens with one attached hydrogen (secondary N) is 2. The van der Waals surface area contributed by atoms with E-state index < -0.39 is 5.91 Å². The maximum absolute atomic E-state index is 13.0. The summed E-state index contributed by atoms with van der Waals surface area (Å²) < 4.78 is 8.14. The highest BCUT2D eigenvalue weighted by Crippen LogP contribution is 2.30. The molecule has 0 radical (unpaired) electrons.